The lowest BCUT2D eigenvalue weighted by atomic mass is 10.2. The van der Waals surface area contributed by atoms with Crippen molar-refractivity contribution in [1.82, 2.24) is 13.9 Å². The number of imidazole rings is 1. The molecular formula is C17H19N3O2S. The van der Waals surface area contributed by atoms with Gasteiger partial charge in [0.2, 0.25) is 10.0 Å². The molecule has 0 saturated heterocycles. The standard InChI is InChI=1S/C17H19N3O2S/c1-23(21,22)20(13-15-7-3-2-4-8-15)12-11-19-14-18-16-9-5-6-10-17(16)19/h2-10,14H,11-13H2,1H3. The van der Waals surface area contributed by atoms with Crippen molar-refractivity contribution in [3.8, 4) is 0 Å². The zero-order valence-corrected chi connectivity index (χ0v) is 13.8. The van der Waals surface area contributed by atoms with Crippen molar-refractivity contribution in [1.29, 1.82) is 0 Å². The van der Waals surface area contributed by atoms with Gasteiger partial charge in [0.15, 0.2) is 0 Å². The molecule has 0 atom stereocenters. The van der Waals surface area contributed by atoms with Gasteiger partial charge in [0.05, 0.1) is 23.6 Å². The highest BCUT2D eigenvalue weighted by molar-refractivity contribution is 7.88. The first kappa shape index (κ1) is 15.7. The average Bonchev–Trinajstić information content (AvgIpc) is 2.94. The Labute approximate surface area is 136 Å². The van der Waals surface area contributed by atoms with Crippen LogP contribution in [0.5, 0.6) is 0 Å². The maximum atomic E-state index is 12.1. The minimum absolute atomic E-state index is 0.381. The molecule has 0 aliphatic carbocycles. The van der Waals surface area contributed by atoms with Gasteiger partial charge in [-0.1, -0.05) is 42.5 Å². The normalized spacial score (nSPS) is 12.1. The summed E-state index contributed by atoms with van der Waals surface area (Å²) < 4.78 is 27.6. The lowest BCUT2D eigenvalue weighted by molar-refractivity contribution is 0.392. The maximum Gasteiger partial charge on any atom is 0.211 e. The SMILES string of the molecule is CS(=O)(=O)N(CCn1cnc2ccccc21)Cc1ccccc1. The zero-order valence-electron chi connectivity index (χ0n) is 13.0. The van der Waals surface area contributed by atoms with Crippen molar-refractivity contribution < 1.29 is 8.42 Å². The highest BCUT2D eigenvalue weighted by Gasteiger charge is 2.17. The molecule has 6 heteroatoms. The number of sulfonamides is 1. The molecule has 0 saturated carbocycles. The molecule has 0 N–H and O–H groups in total. The van der Waals surface area contributed by atoms with Gasteiger partial charge >= 0.3 is 0 Å². The number of rotatable bonds is 6. The van der Waals surface area contributed by atoms with Gasteiger partial charge in [0.1, 0.15) is 0 Å². The Morgan fingerprint density at radius 1 is 1.04 bits per heavy atom. The first-order valence-corrected chi connectivity index (χ1v) is 9.28. The minimum atomic E-state index is -3.27. The average molecular weight is 329 g/mol. The molecule has 3 rings (SSSR count). The number of para-hydroxylation sites is 2. The van der Waals surface area contributed by atoms with Crippen molar-refractivity contribution in [2.24, 2.45) is 0 Å². The van der Waals surface area contributed by atoms with Gasteiger partial charge in [-0.05, 0) is 17.7 Å². The molecule has 2 aromatic carbocycles. The predicted molar refractivity (Wildman–Crippen MR) is 91.4 cm³/mol. The van der Waals surface area contributed by atoms with Crippen molar-refractivity contribution >= 4 is 21.1 Å². The minimum Gasteiger partial charge on any atom is -0.329 e. The van der Waals surface area contributed by atoms with Gasteiger partial charge in [-0.3, -0.25) is 0 Å². The molecule has 0 fully saturated rings. The molecule has 1 aromatic heterocycles. The summed E-state index contributed by atoms with van der Waals surface area (Å²) >= 11 is 0. The van der Waals surface area contributed by atoms with Crippen LogP contribution in [0.2, 0.25) is 0 Å². The predicted octanol–water partition coefficient (Wildman–Crippen LogP) is 2.50. The van der Waals surface area contributed by atoms with Crippen LogP contribution in [-0.2, 0) is 23.1 Å². The van der Waals surface area contributed by atoms with Crippen LogP contribution in [0, 0.1) is 0 Å². The van der Waals surface area contributed by atoms with Crippen LogP contribution in [0.1, 0.15) is 5.56 Å². The van der Waals surface area contributed by atoms with Crippen LogP contribution in [0.15, 0.2) is 60.9 Å². The van der Waals surface area contributed by atoms with E-state index in [1.807, 2.05) is 59.2 Å². The molecule has 0 unspecified atom stereocenters. The molecule has 0 radical (unpaired) electrons. The van der Waals surface area contributed by atoms with Crippen LogP contribution in [-0.4, -0.2) is 35.1 Å². The fourth-order valence-corrected chi connectivity index (χ4v) is 3.35. The molecule has 1 heterocycles. The van der Waals surface area contributed by atoms with Crippen molar-refractivity contribution in [2.45, 2.75) is 13.1 Å². The first-order chi connectivity index (χ1) is 11.0. The van der Waals surface area contributed by atoms with E-state index in [2.05, 4.69) is 4.98 Å². The molecule has 0 amide bonds. The van der Waals surface area contributed by atoms with E-state index in [-0.39, 0.29) is 0 Å². The largest absolute Gasteiger partial charge is 0.329 e. The lowest BCUT2D eigenvalue weighted by Gasteiger charge is -2.20. The second-order valence-electron chi connectivity index (χ2n) is 5.51. The monoisotopic (exact) mass is 329 g/mol. The Balaban J connectivity index is 1.77. The summed E-state index contributed by atoms with van der Waals surface area (Å²) in [6.07, 6.45) is 3.01. The molecule has 0 aliphatic rings. The first-order valence-electron chi connectivity index (χ1n) is 7.43. The van der Waals surface area contributed by atoms with Gasteiger partial charge in [-0.15, -0.1) is 0 Å². The van der Waals surface area contributed by atoms with E-state index in [9.17, 15) is 8.42 Å². The number of fused-ring (bicyclic) bond motifs is 1. The highest BCUT2D eigenvalue weighted by atomic mass is 32.2. The molecule has 120 valence electrons. The smallest absolute Gasteiger partial charge is 0.211 e. The van der Waals surface area contributed by atoms with E-state index in [1.54, 1.807) is 6.33 Å². The van der Waals surface area contributed by atoms with E-state index < -0.39 is 10.0 Å². The fourth-order valence-electron chi connectivity index (χ4n) is 2.56. The fraction of sp³-hybridized carbons (Fsp3) is 0.235. The van der Waals surface area contributed by atoms with Gasteiger partial charge in [0, 0.05) is 19.6 Å². The molecule has 5 nitrogen and oxygen atoms in total. The summed E-state index contributed by atoms with van der Waals surface area (Å²) in [5, 5.41) is 0. The molecular weight excluding hydrogens is 310 g/mol. The zero-order chi connectivity index (χ0) is 16.3. The van der Waals surface area contributed by atoms with Crippen molar-refractivity contribution in [3.05, 3.63) is 66.5 Å². The van der Waals surface area contributed by atoms with Gasteiger partial charge < -0.3 is 4.57 Å². The van der Waals surface area contributed by atoms with Crippen molar-refractivity contribution in [3.63, 3.8) is 0 Å². The number of nitrogens with zero attached hydrogens (tertiary/aromatic N) is 3. The van der Waals surface area contributed by atoms with Gasteiger partial charge in [0.25, 0.3) is 0 Å². The second kappa shape index (κ2) is 6.52. The Bertz CT molecular complexity index is 888. The van der Waals surface area contributed by atoms with Gasteiger partial charge in [-0.2, -0.15) is 4.31 Å². The highest BCUT2D eigenvalue weighted by Crippen LogP contribution is 2.13. The summed E-state index contributed by atoms with van der Waals surface area (Å²) in [5.74, 6) is 0. The van der Waals surface area contributed by atoms with Crippen LogP contribution in [0.4, 0.5) is 0 Å². The summed E-state index contributed by atoms with van der Waals surface area (Å²) in [6, 6.07) is 17.5. The van der Waals surface area contributed by atoms with Crippen LogP contribution >= 0.6 is 0 Å². The lowest BCUT2D eigenvalue weighted by Crippen LogP contribution is -2.32. The third-order valence-electron chi connectivity index (χ3n) is 3.79. The number of hydrogen-bond donors (Lipinski definition) is 0. The summed E-state index contributed by atoms with van der Waals surface area (Å²) in [7, 11) is -3.27. The quantitative estimate of drug-likeness (QED) is 0.698. The van der Waals surface area contributed by atoms with E-state index in [0.29, 0.717) is 19.6 Å². The third kappa shape index (κ3) is 3.78. The topological polar surface area (TPSA) is 55.2 Å². The summed E-state index contributed by atoms with van der Waals surface area (Å²) in [6.45, 7) is 1.36. The van der Waals surface area contributed by atoms with Crippen LogP contribution in [0.25, 0.3) is 11.0 Å². The summed E-state index contributed by atoms with van der Waals surface area (Å²) in [5.41, 5.74) is 2.91. The van der Waals surface area contributed by atoms with E-state index >= 15 is 0 Å². The van der Waals surface area contributed by atoms with E-state index in [1.165, 1.54) is 10.6 Å². The molecule has 3 aromatic rings. The molecule has 0 spiro atoms. The van der Waals surface area contributed by atoms with Crippen molar-refractivity contribution in [2.75, 3.05) is 12.8 Å². The molecule has 0 aliphatic heterocycles. The maximum absolute atomic E-state index is 12.1. The summed E-state index contributed by atoms with van der Waals surface area (Å²) in [4.78, 5) is 4.34. The number of benzene rings is 2. The van der Waals surface area contributed by atoms with Crippen LogP contribution in [0.3, 0.4) is 0 Å². The second-order valence-corrected chi connectivity index (χ2v) is 7.49. The Kier molecular flexibility index (Phi) is 4.45. The number of aromatic nitrogens is 2. The third-order valence-corrected chi connectivity index (χ3v) is 5.04. The Morgan fingerprint density at radius 2 is 1.74 bits per heavy atom. The van der Waals surface area contributed by atoms with Crippen LogP contribution < -0.4 is 0 Å². The molecule has 23 heavy (non-hydrogen) atoms. The molecule has 0 bridgehead atoms. The van der Waals surface area contributed by atoms with Gasteiger partial charge in [-0.25, -0.2) is 13.4 Å². The van der Waals surface area contributed by atoms with E-state index in [0.717, 1.165) is 16.6 Å². The van der Waals surface area contributed by atoms with E-state index in [4.69, 9.17) is 0 Å². The Hall–Kier alpha value is -2.18. The number of hydrogen-bond acceptors (Lipinski definition) is 3. The Morgan fingerprint density at radius 3 is 2.48 bits per heavy atom.